The predicted molar refractivity (Wildman–Crippen MR) is 79.9 cm³/mol. The molecule has 0 atom stereocenters. The molecular weight excluding hydrogens is 276 g/mol. The number of Topliss-reactive ketones (excluding diaryl/α,β-unsaturated/α-hetero) is 1. The van der Waals surface area contributed by atoms with Crippen LogP contribution in [0.1, 0.15) is 19.8 Å². The molecular formula is C15H19ClN2O2. The van der Waals surface area contributed by atoms with Crippen molar-refractivity contribution in [2.24, 2.45) is 5.92 Å². The van der Waals surface area contributed by atoms with E-state index in [2.05, 4.69) is 10.2 Å². The number of hydrogen-bond donors (Lipinski definition) is 1. The molecule has 0 saturated carbocycles. The van der Waals surface area contributed by atoms with Gasteiger partial charge in [-0.25, -0.2) is 0 Å². The van der Waals surface area contributed by atoms with E-state index in [-0.39, 0.29) is 17.6 Å². The number of nitrogens with one attached hydrogen (secondary N) is 1. The van der Waals surface area contributed by atoms with Crippen LogP contribution < -0.4 is 5.32 Å². The summed E-state index contributed by atoms with van der Waals surface area (Å²) >= 11 is 5.79. The van der Waals surface area contributed by atoms with Crippen molar-refractivity contribution in [2.45, 2.75) is 19.8 Å². The number of hydrogen-bond acceptors (Lipinski definition) is 3. The molecule has 2 rings (SSSR count). The third-order valence-corrected chi connectivity index (χ3v) is 3.91. The molecule has 1 aromatic carbocycles. The maximum Gasteiger partial charge on any atom is 0.238 e. The molecule has 1 N–H and O–H groups in total. The summed E-state index contributed by atoms with van der Waals surface area (Å²) in [5.74, 6) is 0.398. The van der Waals surface area contributed by atoms with Crippen LogP contribution in [0.15, 0.2) is 24.3 Å². The summed E-state index contributed by atoms with van der Waals surface area (Å²) < 4.78 is 0. The zero-order valence-corrected chi connectivity index (χ0v) is 12.3. The standard InChI is InChI=1S/C15H19ClN2O2/c1-11(19)12-6-8-18(9-7-12)10-15(20)17-14-4-2-13(16)3-5-14/h2-5,12H,6-10H2,1H3,(H,17,20). The second-order valence-electron chi connectivity index (χ2n) is 5.22. The van der Waals surface area contributed by atoms with Gasteiger partial charge in [0.25, 0.3) is 0 Å². The van der Waals surface area contributed by atoms with E-state index in [1.165, 1.54) is 0 Å². The molecule has 1 aliphatic rings. The summed E-state index contributed by atoms with van der Waals surface area (Å²) in [6, 6.07) is 7.05. The molecule has 1 fully saturated rings. The van der Waals surface area contributed by atoms with Gasteiger partial charge in [0, 0.05) is 16.6 Å². The molecule has 1 heterocycles. The van der Waals surface area contributed by atoms with E-state index in [4.69, 9.17) is 11.6 Å². The number of rotatable bonds is 4. The van der Waals surface area contributed by atoms with Crippen molar-refractivity contribution in [2.75, 3.05) is 25.0 Å². The van der Waals surface area contributed by atoms with Crippen LogP contribution in [0.25, 0.3) is 0 Å². The summed E-state index contributed by atoms with van der Waals surface area (Å²) in [4.78, 5) is 25.3. The molecule has 108 valence electrons. The normalized spacial score (nSPS) is 16.9. The zero-order chi connectivity index (χ0) is 14.5. The Morgan fingerprint density at radius 2 is 1.85 bits per heavy atom. The van der Waals surface area contributed by atoms with Gasteiger partial charge in [0.2, 0.25) is 5.91 Å². The number of nitrogens with zero attached hydrogens (tertiary/aromatic N) is 1. The van der Waals surface area contributed by atoms with Gasteiger partial charge < -0.3 is 5.32 Å². The number of carbonyl (C=O) groups is 2. The minimum Gasteiger partial charge on any atom is -0.325 e. The highest BCUT2D eigenvalue weighted by Crippen LogP contribution is 2.18. The van der Waals surface area contributed by atoms with Crippen molar-refractivity contribution in [1.82, 2.24) is 4.90 Å². The van der Waals surface area contributed by atoms with Crippen LogP contribution in [-0.4, -0.2) is 36.2 Å². The first-order chi connectivity index (χ1) is 9.54. The molecule has 1 aromatic rings. The summed E-state index contributed by atoms with van der Waals surface area (Å²) in [6.07, 6.45) is 1.70. The Morgan fingerprint density at radius 1 is 1.25 bits per heavy atom. The minimum absolute atomic E-state index is 0.0337. The fourth-order valence-electron chi connectivity index (χ4n) is 2.43. The van der Waals surface area contributed by atoms with Crippen LogP contribution in [0.5, 0.6) is 0 Å². The molecule has 20 heavy (non-hydrogen) atoms. The molecule has 0 spiro atoms. The molecule has 0 bridgehead atoms. The Kier molecular flexibility index (Phi) is 5.15. The first kappa shape index (κ1) is 15.0. The van der Waals surface area contributed by atoms with Gasteiger partial charge in [0.05, 0.1) is 6.54 Å². The van der Waals surface area contributed by atoms with Crippen molar-refractivity contribution < 1.29 is 9.59 Å². The topological polar surface area (TPSA) is 49.4 Å². The Bertz CT molecular complexity index is 479. The number of carbonyl (C=O) groups excluding carboxylic acids is 2. The first-order valence-corrected chi connectivity index (χ1v) is 7.20. The summed E-state index contributed by atoms with van der Waals surface area (Å²) in [5, 5.41) is 3.49. The van der Waals surface area contributed by atoms with Gasteiger partial charge >= 0.3 is 0 Å². The second-order valence-corrected chi connectivity index (χ2v) is 5.65. The lowest BCUT2D eigenvalue weighted by Crippen LogP contribution is -2.40. The Labute approximate surface area is 124 Å². The summed E-state index contributed by atoms with van der Waals surface area (Å²) in [6.45, 7) is 3.62. The number of ketones is 1. The average molecular weight is 295 g/mol. The molecule has 0 radical (unpaired) electrons. The molecule has 1 saturated heterocycles. The number of anilines is 1. The second kappa shape index (κ2) is 6.86. The third kappa shape index (κ3) is 4.32. The van der Waals surface area contributed by atoms with Gasteiger partial charge in [0.15, 0.2) is 0 Å². The highest BCUT2D eigenvalue weighted by Gasteiger charge is 2.23. The maximum absolute atomic E-state index is 11.9. The van der Waals surface area contributed by atoms with Crippen molar-refractivity contribution in [3.63, 3.8) is 0 Å². The minimum atomic E-state index is -0.0337. The predicted octanol–water partition coefficient (Wildman–Crippen LogP) is 2.58. The van der Waals surface area contributed by atoms with Gasteiger partial charge in [-0.3, -0.25) is 14.5 Å². The van der Waals surface area contributed by atoms with E-state index in [0.717, 1.165) is 31.6 Å². The number of piperidine rings is 1. The molecule has 0 unspecified atom stereocenters. The van der Waals surface area contributed by atoms with Gasteiger partial charge in [-0.15, -0.1) is 0 Å². The van der Waals surface area contributed by atoms with Gasteiger partial charge in [-0.1, -0.05) is 11.6 Å². The number of amides is 1. The van der Waals surface area contributed by atoms with Crippen LogP contribution in [0.2, 0.25) is 5.02 Å². The number of halogens is 1. The van der Waals surface area contributed by atoms with Gasteiger partial charge in [0.1, 0.15) is 5.78 Å². The summed E-state index contributed by atoms with van der Waals surface area (Å²) in [5.41, 5.74) is 0.748. The van der Waals surface area contributed by atoms with E-state index in [1.54, 1.807) is 31.2 Å². The van der Waals surface area contributed by atoms with Crippen LogP contribution >= 0.6 is 11.6 Å². The molecule has 1 amide bonds. The monoisotopic (exact) mass is 294 g/mol. The SMILES string of the molecule is CC(=O)C1CCN(CC(=O)Nc2ccc(Cl)cc2)CC1. The van der Waals surface area contributed by atoms with E-state index in [0.29, 0.717) is 11.6 Å². The third-order valence-electron chi connectivity index (χ3n) is 3.66. The maximum atomic E-state index is 11.9. The van der Waals surface area contributed by atoms with Crippen LogP contribution in [0, 0.1) is 5.92 Å². The quantitative estimate of drug-likeness (QED) is 0.928. The van der Waals surface area contributed by atoms with Crippen LogP contribution in [0.3, 0.4) is 0 Å². The number of benzene rings is 1. The first-order valence-electron chi connectivity index (χ1n) is 6.83. The highest BCUT2D eigenvalue weighted by atomic mass is 35.5. The Balaban J connectivity index is 1.78. The van der Waals surface area contributed by atoms with E-state index in [9.17, 15) is 9.59 Å². The Morgan fingerprint density at radius 3 is 2.40 bits per heavy atom. The summed E-state index contributed by atoms with van der Waals surface area (Å²) in [7, 11) is 0. The van der Waals surface area contributed by atoms with Crippen molar-refractivity contribution >= 4 is 29.0 Å². The van der Waals surface area contributed by atoms with E-state index in [1.807, 2.05) is 0 Å². The fraction of sp³-hybridized carbons (Fsp3) is 0.467. The van der Waals surface area contributed by atoms with Gasteiger partial charge in [-0.05, 0) is 57.1 Å². The highest BCUT2D eigenvalue weighted by molar-refractivity contribution is 6.30. The fourth-order valence-corrected chi connectivity index (χ4v) is 2.56. The lowest BCUT2D eigenvalue weighted by Gasteiger charge is -2.30. The average Bonchev–Trinajstić information content (AvgIpc) is 2.42. The molecule has 5 heteroatoms. The molecule has 1 aliphatic heterocycles. The van der Waals surface area contributed by atoms with E-state index >= 15 is 0 Å². The lowest BCUT2D eigenvalue weighted by atomic mass is 9.93. The van der Waals surface area contributed by atoms with Crippen LogP contribution in [0.4, 0.5) is 5.69 Å². The molecule has 4 nitrogen and oxygen atoms in total. The smallest absolute Gasteiger partial charge is 0.238 e. The molecule has 0 aliphatic carbocycles. The van der Waals surface area contributed by atoms with E-state index < -0.39 is 0 Å². The van der Waals surface area contributed by atoms with Gasteiger partial charge in [-0.2, -0.15) is 0 Å². The molecule has 0 aromatic heterocycles. The number of likely N-dealkylation sites (tertiary alicyclic amines) is 1. The van der Waals surface area contributed by atoms with Crippen molar-refractivity contribution in [1.29, 1.82) is 0 Å². The Hall–Kier alpha value is -1.39. The largest absolute Gasteiger partial charge is 0.325 e. The lowest BCUT2D eigenvalue weighted by molar-refractivity contribution is -0.122. The zero-order valence-electron chi connectivity index (χ0n) is 11.6. The van der Waals surface area contributed by atoms with Crippen molar-refractivity contribution in [3.8, 4) is 0 Å². The van der Waals surface area contributed by atoms with Crippen molar-refractivity contribution in [3.05, 3.63) is 29.3 Å². The van der Waals surface area contributed by atoms with Crippen LogP contribution in [-0.2, 0) is 9.59 Å².